The molecule has 0 amide bonds. The van der Waals surface area contributed by atoms with E-state index >= 15 is 0 Å². The number of aliphatic hydroxyl groups is 2. The third-order valence-electron chi connectivity index (χ3n) is 3.11. The van der Waals surface area contributed by atoms with E-state index in [4.69, 9.17) is 0 Å². The van der Waals surface area contributed by atoms with E-state index in [0.717, 1.165) is 44.9 Å². The molecule has 0 heterocycles. The minimum Gasteiger partial charge on any atom is -0.393 e. The molecule has 3 atom stereocenters. The highest BCUT2D eigenvalue weighted by Gasteiger charge is 2.22. The zero-order chi connectivity index (χ0) is 9.68. The highest BCUT2D eigenvalue weighted by molar-refractivity contribution is 4.74. The van der Waals surface area contributed by atoms with Crippen molar-refractivity contribution in [2.45, 2.75) is 64.1 Å². The predicted molar refractivity (Wildman–Crippen MR) is 53.5 cm³/mol. The summed E-state index contributed by atoms with van der Waals surface area (Å²) in [5, 5.41) is 19.2. The summed E-state index contributed by atoms with van der Waals surface area (Å²) in [6, 6.07) is 0. The SMILES string of the molecule is CCCC1CCCC(O)CCC1O. The average molecular weight is 186 g/mol. The van der Waals surface area contributed by atoms with Crippen LogP contribution in [0, 0.1) is 5.92 Å². The molecule has 0 spiro atoms. The molecule has 1 fully saturated rings. The minimum atomic E-state index is -0.171. The van der Waals surface area contributed by atoms with Gasteiger partial charge < -0.3 is 10.2 Å². The van der Waals surface area contributed by atoms with Gasteiger partial charge in [0.15, 0.2) is 0 Å². The molecule has 0 aromatic heterocycles. The third-order valence-corrected chi connectivity index (χ3v) is 3.11. The second kappa shape index (κ2) is 5.61. The highest BCUT2D eigenvalue weighted by Crippen LogP contribution is 2.26. The molecule has 0 bridgehead atoms. The second-order valence-electron chi connectivity index (χ2n) is 4.28. The molecule has 78 valence electrons. The summed E-state index contributed by atoms with van der Waals surface area (Å²) in [7, 11) is 0. The molecule has 2 nitrogen and oxygen atoms in total. The Kier molecular flexibility index (Phi) is 4.74. The molecule has 1 saturated carbocycles. The van der Waals surface area contributed by atoms with Gasteiger partial charge in [-0.2, -0.15) is 0 Å². The van der Waals surface area contributed by atoms with E-state index < -0.39 is 0 Å². The van der Waals surface area contributed by atoms with Crippen molar-refractivity contribution in [3.63, 3.8) is 0 Å². The van der Waals surface area contributed by atoms with Crippen LogP contribution in [0.2, 0.25) is 0 Å². The van der Waals surface area contributed by atoms with Gasteiger partial charge in [-0.1, -0.05) is 19.8 Å². The number of aliphatic hydroxyl groups excluding tert-OH is 2. The largest absolute Gasteiger partial charge is 0.393 e. The Morgan fingerprint density at radius 2 is 1.85 bits per heavy atom. The van der Waals surface area contributed by atoms with E-state index in [1.807, 2.05) is 0 Å². The van der Waals surface area contributed by atoms with Crippen molar-refractivity contribution >= 4 is 0 Å². The molecular weight excluding hydrogens is 164 g/mol. The van der Waals surface area contributed by atoms with Gasteiger partial charge in [-0.15, -0.1) is 0 Å². The van der Waals surface area contributed by atoms with Crippen LogP contribution in [0.4, 0.5) is 0 Å². The lowest BCUT2D eigenvalue weighted by Gasteiger charge is -2.26. The van der Waals surface area contributed by atoms with E-state index in [1.54, 1.807) is 0 Å². The molecule has 1 aliphatic rings. The summed E-state index contributed by atoms with van der Waals surface area (Å²) < 4.78 is 0. The van der Waals surface area contributed by atoms with Gasteiger partial charge in [0.2, 0.25) is 0 Å². The van der Waals surface area contributed by atoms with Crippen molar-refractivity contribution in [2.75, 3.05) is 0 Å². The number of hydrogen-bond donors (Lipinski definition) is 2. The van der Waals surface area contributed by atoms with Gasteiger partial charge in [0.1, 0.15) is 0 Å². The lowest BCUT2D eigenvalue weighted by atomic mass is 9.85. The Hall–Kier alpha value is -0.0800. The Morgan fingerprint density at radius 1 is 1.08 bits per heavy atom. The molecule has 1 aliphatic carbocycles. The molecule has 1 rings (SSSR count). The first kappa shape index (κ1) is 11.0. The summed E-state index contributed by atoms with van der Waals surface area (Å²) in [5.74, 6) is 0.484. The zero-order valence-corrected chi connectivity index (χ0v) is 8.58. The molecule has 0 radical (unpaired) electrons. The van der Waals surface area contributed by atoms with Crippen molar-refractivity contribution in [1.29, 1.82) is 0 Å². The smallest absolute Gasteiger partial charge is 0.0569 e. The standard InChI is InChI=1S/C11H22O2/c1-2-4-9-5-3-6-10(12)7-8-11(9)13/h9-13H,2-8H2,1H3. The van der Waals surface area contributed by atoms with Gasteiger partial charge in [-0.05, 0) is 38.0 Å². The summed E-state index contributed by atoms with van der Waals surface area (Å²) >= 11 is 0. The lowest BCUT2D eigenvalue weighted by molar-refractivity contribution is 0.0461. The maximum Gasteiger partial charge on any atom is 0.0569 e. The van der Waals surface area contributed by atoms with Gasteiger partial charge in [0, 0.05) is 0 Å². The monoisotopic (exact) mass is 186 g/mol. The van der Waals surface area contributed by atoms with Gasteiger partial charge in [-0.25, -0.2) is 0 Å². The fraction of sp³-hybridized carbons (Fsp3) is 1.00. The molecule has 0 aromatic rings. The van der Waals surface area contributed by atoms with Crippen LogP contribution in [0.25, 0.3) is 0 Å². The molecule has 0 saturated heterocycles. The van der Waals surface area contributed by atoms with Crippen molar-refractivity contribution in [3.8, 4) is 0 Å². The number of rotatable bonds is 2. The van der Waals surface area contributed by atoms with E-state index in [-0.39, 0.29) is 12.2 Å². The summed E-state index contributed by atoms with van der Waals surface area (Å²) in [5.41, 5.74) is 0. The van der Waals surface area contributed by atoms with Crippen LogP contribution in [0.15, 0.2) is 0 Å². The van der Waals surface area contributed by atoms with Crippen molar-refractivity contribution in [1.82, 2.24) is 0 Å². The van der Waals surface area contributed by atoms with Crippen molar-refractivity contribution in [3.05, 3.63) is 0 Å². The second-order valence-corrected chi connectivity index (χ2v) is 4.28. The predicted octanol–water partition coefficient (Wildman–Crippen LogP) is 2.09. The molecule has 3 unspecified atom stereocenters. The Bertz CT molecular complexity index is 136. The quantitative estimate of drug-likeness (QED) is 0.693. The highest BCUT2D eigenvalue weighted by atomic mass is 16.3. The lowest BCUT2D eigenvalue weighted by Crippen LogP contribution is -2.25. The summed E-state index contributed by atoms with van der Waals surface area (Å²) in [6.45, 7) is 2.17. The average Bonchev–Trinajstić information content (AvgIpc) is 2.11. The molecule has 13 heavy (non-hydrogen) atoms. The van der Waals surface area contributed by atoms with Gasteiger partial charge in [0.05, 0.1) is 12.2 Å². The first-order valence-corrected chi connectivity index (χ1v) is 5.60. The molecule has 2 N–H and O–H groups in total. The Labute approximate surface area is 81.0 Å². The molecular formula is C11H22O2. The summed E-state index contributed by atoms with van der Waals surface area (Å²) in [4.78, 5) is 0. The van der Waals surface area contributed by atoms with E-state index in [2.05, 4.69) is 6.92 Å². The van der Waals surface area contributed by atoms with Crippen LogP contribution in [-0.4, -0.2) is 22.4 Å². The summed E-state index contributed by atoms with van der Waals surface area (Å²) in [6.07, 6.45) is 6.60. The van der Waals surface area contributed by atoms with Crippen LogP contribution >= 0.6 is 0 Å². The topological polar surface area (TPSA) is 40.5 Å². The van der Waals surface area contributed by atoms with Crippen LogP contribution in [0.3, 0.4) is 0 Å². The fourth-order valence-corrected chi connectivity index (χ4v) is 2.26. The normalized spacial score (nSPS) is 36.7. The van der Waals surface area contributed by atoms with Crippen LogP contribution in [0.5, 0.6) is 0 Å². The molecule has 0 aliphatic heterocycles. The van der Waals surface area contributed by atoms with Crippen LogP contribution < -0.4 is 0 Å². The minimum absolute atomic E-state index is 0.169. The van der Waals surface area contributed by atoms with E-state index in [9.17, 15) is 10.2 Å². The van der Waals surface area contributed by atoms with E-state index in [0.29, 0.717) is 5.92 Å². The third kappa shape index (κ3) is 3.65. The maximum absolute atomic E-state index is 9.81. The van der Waals surface area contributed by atoms with Gasteiger partial charge in [0.25, 0.3) is 0 Å². The van der Waals surface area contributed by atoms with Crippen LogP contribution in [-0.2, 0) is 0 Å². The van der Waals surface area contributed by atoms with Gasteiger partial charge >= 0.3 is 0 Å². The van der Waals surface area contributed by atoms with E-state index in [1.165, 1.54) is 0 Å². The Morgan fingerprint density at radius 3 is 2.54 bits per heavy atom. The maximum atomic E-state index is 9.81. The van der Waals surface area contributed by atoms with Crippen LogP contribution in [0.1, 0.15) is 51.9 Å². The fourth-order valence-electron chi connectivity index (χ4n) is 2.26. The number of hydrogen-bond acceptors (Lipinski definition) is 2. The molecule has 0 aromatic carbocycles. The van der Waals surface area contributed by atoms with Crippen molar-refractivity contribution in [2.24, 2.45) is 5.92 Å². The Balaban J connectivity index is 2.37. The zero-order valence-electron chi connectivity index (χ0n) is 8.58. The van der Waals surface area contributed by atoms with Crippen molar-refractivity contribution < 1.29 is 10.2 Å². The molecule has 2 heteroatoms. The first-order chi connectivity index (χ1) is 6.24. The van der Waals surface area contributed by atoms with Gasteiger partial charge in [-0.3, -0.25) is 0 Å². The first-order valence-electron chi connectivity index (χ1n) is 5.60.